The van der Waals surface area contributed by atoms with Gasteiger partial charge in [0.2, 0.25) is 5.91 Å². The highest BCUT2D eigenvalue weighted by atomic mass is 32.1. The number of thiophene rings is 1. The van der Waals surface area contributed by atoms with Crippen molar-refractivity contribution >= 4 is 17.2 Å². The van der Waals surface area contributed by atoms with Crippen LogP contribution >= 0.6 is 11.3 Å². The molecule has 122 valence electrons. The van der Waals surface area contributed by atoms with Crippen LogP contribution in [0, 0.1) is 0 Å². The molecule has 1 aromatic heterocycles. The Hall–Kier alpha value is -1.69. The molecule has 1 atom stereocenters. The predicted octanol–water partition coefficient (Wildman–Crippen LogP) is 2.31. The lowest BCUT2D eigenvalue weighted by atomic mass is 10.0. The summed E-state index contributed by atoms with van der Waals surface area (Å²) in [6.45, 7) is 3.65. The Bertz CT molecular complexity index is 641. The number of carbonyl (C=O) groups excluding carboxylic acids is 1. The second-order valence-corrected chi connectivity index (χ2v) is 6.97. The summed E-state index contributed by atoms with van der Waals surface area (Å²) in [5.41, 5.74) is 8.53. The molecule has 3 N–H and O–H groups in total. The van der Waals surface area contributed by atoms with Crippen LogP contribution in [0.3, 0.4) is 0 Å². The third-order valence-corrected chi connectivity index (χ3v) is 5.29. The number of benzene rings is 1. The maximum Gasteiger partial charge on any atom is 0.221 e. The smallest absolute Gasteiger partial charge is 0.221 e. The second-order valence-electron chi connectivity index (χ2n) is 5.97. The average Bonchev–Trinajstić information content (AvgIpc) is 3.03. The van der Waals surface area contributed by atoms with Gasteiger partial charge in [0.1, 0.15) is 0 Å². The third kappa shape index (κ3) is 4.41. The van der Waals surface area contributed by atoms with Crippen LogP contribution in [-0.4, -0.2) is 30.4 Å². The first-order chi connectivity index (χ1) is 11.2. The fraction of sp³-hybridized carbons (Fsp3) is 0.389. The van der Waals surface area contributed by atoms with E-state index in [4.69, 9.17) is 5.73 Å². The van der Waals surface area contributed by atoms with Crippen molar-refractivity contribution in [1.29, 1.82) is 0 Å². The van der Waals surface area contributed by atoms with E-state index in [9.17, 15) is 4.79 Å². The fourth-order valence-corrected chi connectivity index (χ4v) is 3.83. The van der Waals surface area contributed by atoms with Crippen LogP contribution in [0.25, 0.3) is 0 Å². The first-order valence-electron chi connectivity index (χ1n) is 8.07. The number of amides is 1. The Balaban J connectivity index is 1.38. The molecule has 5 heteroatoms. The lowest BCUT2D eigenvalue weighted by Gasteiger charge is -2.26. The van der Waals surface area contributed by atoms with Crippen molar-refractivity contribution in [2.24, 2.45) is 5.73 Å². The molecule has 3 rings (SSSR count). The van der Waals surface area contributed by atoms with Gasteiger partial charge in [0.15, 0.2) is 0 Å². The molecule has 1 aliphatic heterocycles. The van der Waals surface area contributed by atoms with Gasteiger partial charge in [0, 0.05) is 43.5 Å². The Labute approximate surface area is 141 Å². The van der Waals surface area contributed by atoms with E-state index in [1.165, 1.54) is 10.4 Å². The molecule has 0 saturated carbocycles. The topological polar surface area (TPSA) is 58.4 Å². The van der Waals surface area contributed by atoms with Crippen molar-refractivity contribution in [3.63, 3.8) is 0 Å². The van der Waals surface area contributed by atoms with Crippen LogP contribution in [0.2, 0.25) is 0 Å². The highest BCUT2D eigenvalue weighted by Gasteiger charge is 2.17. The SMILES string of the molecule is NC(CC(=O)NCCN1CCc2sccc2C1)c1ccccc1. The van der Waals surface area contributed by atoms with Gasteiger partial charge in [-0.15, -0.1) is 11.3 Å². The molecule has 0 radical (unpaired) electrons. The maximum atomic E-state index is 12.0. The zero-order valence-corrected chi connectivity index (χ0v) is 14.0. The van der Waals surface area contributed by atoms with Gasteiger partial charge in [-0.05, 0) is 29.0 Å². The van der Waals surface area contributed by atoms with Crippen molar-refractivity contribution in [2.45, 2.75) is 25.4 Å². The van der Waals surface area contributed by atoms with Crippen LogP contribution < -0.4 is 11.1 Å². The minimum absolute atomic E-state index is 0.0228. The van der Waals surface area contributed by atoms with Gasteiger partial charge in [-0.25, -0.2) is 0 Å². The number of hydrogen-bond acceptors (Lipinski definition) is 4. The van der Waals surface area contributed by atoms with Crippen LogP contribution in [0.15, 0.2) is 41.8 Å². The van der Waals surface area contributed by atoms with Crippen molar-refractivity contribution < 1.29 is 4.79 Å². The van der Waals surface area contributed by atoms with Gasteiger partial charge in [-0.1, -0.05) is 30.3 Å². The van der Waals surface area contributed by atoms with E-state index >= 15 is 0 Å². The standard InChI is InChI=1S/C18H23N3OS/c19-16(14-4-2-1-3-5-14)12-18(22)20-8-10-21-9-6-17-15(13-21)7-11-23-17/h1-5,7,11,16H,6,8-10,12-13,19H2,(H,20,22). The minimum atomic E-state index is -0.237. The minimum Gasteiger partial charge on any atom is -0.355 e. The molecule has 0 spiro atoms. The summed E-state index contributed by atoms with van der Waals surface area (Å²) >= 11 is 1.85. The number of carbonyl (C=O) groups is 1. The normalized spacial score (nSPS) is 15.9. The van der Waals surface area contributed by atoms with Gasteiger partial charge < -0.3 is 11.1 Å². The molecule has 1 amide bonds. The molecule has 1 aliphatic rings. The van der Waals surface area contributed by atoms with Crippen LogP contribution in [0.5, 0.6) is 0 Å². The number of nitrogens with two attached hydrogens (primary N) is 1. The molecule has 1 unspecified atom stereocenters. The average molecular weight is 329 g/mol. The van der Waals surface area contributed by atoms with Crippen molar-refractivity contribution in [2.75, 3.05) is 19.6 Å². The van der Waals surface area contributed by atoms with Crippen molar-refractivity contribution in [3.05, 3.63) is 57.8 Å². The Kier molecular flexibility index (Phi) is 5.43. The van der Waals surface area contributed by atoms with Gasteiger partial charge in [-0.2, -0.15) is 0 Å². The van der Waals surface area contributed by atoms with E-state index in [-0.39, 0.29) is 11.9 Å². The van der Waals surface area contributed by atoms with Crippen LogP contribution in [-0.2, 0) is 17.8 Å². The summed E-state index contributed by atoms with van der Waals surface area (Å²) in [5.74, 6) is 0.0228. The van der Waals surface area contributed by atoms with E-state index in [0.717, 1.165) is 31.6 Å². The molecule has 0 fully saturated rings. The maximum absolute atomic E-state index is 12.0. The lowest BCUT2D eigenvalue weighted by molar-refractivity contribution is -0.121. The van der Waals surface area contributed by atoms with Gasteiger partial charge >= 0.3 is 0 Å². The van der Waals surface area contributed by atoms with Crippen molar-refractivity contribution in [1.82, 2.24) is 10.2 Å². The van der Waals surface area contributed by atoms with Crippen molar-refractivity contribution in [3.8, 4) is 0 Å². The van der Waals surface area contributed by atoms with Gasteiger partial charge in [0.05, 0.1) is 0 Å². The van der Waals surface area contributed by atoms with E-state index in [0.29, 0.717) is 13.0 Å². The third-order valence-electron chi connectivity index (χ3n) is 4.27. The quantitative estimate of drug-likeness (QED) is 0.855. The number of nitrogens with zero attached hydrogens (tertiary/aromatic N) is 1. The fourth-order valence-electron chi connectivity index (χ4n) is 2.94. The first-order valence-corrected chi connectivity index (χ1v) is 8.95. The molecule has 0 bridgehead atoms. The monoisotopic (exact) mass is 329 g/mol. The first kappa shape index (κ1) is 16.2. The molecule has 1 aromatic carbocycles. The number of fused-ring (bicyclic) bond motifs is 1. The van der Waals surface area contributed by atoms with Crippen LogP contribution in [0.4, 0.5) is 0 Å². The molecular weight excluding hydrogens is 306 g/mol. The van der Waals surface area contributed by atoms with E-state index in [1.54, 1.807) is 0 Å². The van der Waals surface area contributed by atoms with E-state index in [1.807, 2.05) is 41.7 Å². The summed E-state index contributed by atoms with van der Waals surface area (Å²) in [7, 11) is 0. The van der Waals surface area contributed by atoms with E-state index in [2.05, 4.69) is 21.7 Å². The largest absolute Gasteiger partial charge is 0.355 e. The molecule has 2 aromatic rings. The molecule has 0 saturated heterocycles. The Morgan fingerprint density at radius 2 is 2.13 bits per heavy atom. The number of nitrogens with one attached hydrogen (secondary N) is 1. The summed E-state index contributed by atoms with van der Waals surface area (Å²) < 4.78 is 0. The predicted molar refractivity (Wildman–Crippen MR) is 94.3 cm³/mol. The van der Waals surface area contributed by atoms with E-state index < -0.39 is 0 Å². The lowest BCUT2D eigenvalue weighted by Crippen LogP contribution is -2.38. The van der Waals surface area contributed by atoms with Gasteiger partial charge in [-0.3, -0.25) is 9.69 Å². The second kappa shape index (κ2) is 7.73. The molecular formula is C18H23N3OS. The summed E-state index contributed by atoms with van der Waals surface area (Å²) in [5, 5.41) is 5.16. The highest BCUT2D eigenvalue weighted by Crippen LogP contribution is 2.23. The van der Waals surface area contributed by atoms with Gasteiger partial charge in [0.25, 0.3) is 0 Å². The summed E-state index contributed by atoms with van der Waals surface area (Å²) in [6, 6.07) is 11.7. The zero-order valence-electron chi connectivity index (χ0n) is 13.2. The molecule has 4 nitrogen and oxygen atoms in total. The molecule has 0 aliphatic carbocycles. The Morgan fingerprint density at radius 1 is 1.30 bits per heavy atom. The van der Waals surface area contributed by atoms with Crippen LogP contribution in [0.1, 0.15) is 28.5 Å². The number of rotatable bonds is 6. The molecule has 2 heterocycles. The molecule has 23 heavy (non-hydrogen) atoms. The highest BCUT2D eigenvalue weighted by molar-refractivity contribution is 7.10. The summed E-state index contributed by atoms with van der Waals surface area (Å²) in [4.78, 5) is 15.9. The summed E-state index contributed by atoms with van der Waals surface area (Å²) in [6.07, 6.45) is 1.46. The Morgan fingerprint density at radius 3 is 2.96 bits per heavy atom. The number of hydrogen-bond donors (Lipinski definition) is 2. The zero-order chi connectivity index (χ0) is 16.1.